The fraction of sp³-hybridized carbons (Fsp3) is 0.333. The van der Waals surface area contributed by atoms with Crippen LogP contribution in [0.15, 0.2) is 71.6 Å². The molecule has 3 rings (SSSR count). The zero-order valence-electron chi connectivity index (χ0n) is 23.8. The Morgan fingerprint density at radius 3 is 2.12 bits per heavy atom. The SMILES string of the molecule is CCCNC(=O)[C@H](CC)N(Cc1c(Cl)cccc1Cl)C(=O)CN(c1cccc(C(F)(F)F)c1)S(=O)(=O)c1ccc(C)cc1. The maximum absolute atomic E-state index is 14.1. The van der Waals surface area contributed by atoms with Crippen molar-refractivity contribution in [1.29, 1.82) is 0 Å². The van der Waals surface area contributed by atoms with Gasteiger partial charge in [0.25, 0.3) is 10.0 Å². The van der Waals surface area contributed by atoms with Crippen LogP contribution in [0.25, 0.3) is 0 Å². The van der Waals surface area contributed by atoms with Gasteiger partial charge in [-0.15, -0.1) is 0 Å². The molecule has 7 nitrogen and oxygen atoms in total. The van der Waals surface area contributed by atoms with E-state index in [1.165, 1.54) is 30.3 Å². The van der Waals surface area contributed by atoms with Gasteiger partial charge in [0.05, 0.1) is 16.1 Å². The molecule has 3 aromatic carbocycles. The molecule has 0 spiro atoms. The van der Waals surface area contributed by atoms with Crippen molar-refractivity contribution in [3.63, 3.8) is 0 Å². The molecule has 232 valence electrons. The Morgan fingerprint density at radius 2 is 1.56 bits per heavy atom. The van der Waals surface area contributed by atoms with Crippen molar-refractivity contribution in [2.24, 2.45) is 0 Å². The Balaban J connectivity index is 2.15. The highest BCUT2D eigenvalue weighted by Crippen LogP contribution is 2.34. The van der Waals surface area contributed by atoms with Crippen LogP contribution in [0.5, 0.6) is 0 Å². The number of halogens is 5. The van der Waals surface area contributed by atoms with E-state index in [-0.39, 0.29) is 33.6 Å². The molecule has 0 fully saturated rings. The summed E-state index contributed by atoms with van der Waals surface area (Å²) in [7, 11) is -4.55. The summed E-state index contributed by atoms with van der Waals surface area (Å²) in [6, 6.07) is 13.1. The van der Waals surface area contributed by atoms with E-state index < -0.39 is 46.2 Å². The lowest BCUT2D eigenvalue weighted by Gasteiger charge is -2.33. The second-order valence-corrected chi connectivity index (χ2v) is 12.5. The number of amides is 2. The first-order valence-corrected chi connectivity index (χ1v) is 15.7. The average molecular weight is 659 g/mol. The van der Waals surface area contributed by atoms with E-state index in [4.69, 9.17) is 23.2 Å². The van der Waals surface area contributed by atoms with Crippen LogP contribution >= 0.6 is 23.2 Å². The number of nitrogens with zero attached hydrogens (tertiary/aromatic N) is 2. The Labute approximate surface area is 259 Å². The van der Waals surface area contributed by atoms with Crippen LogP contribution in [0, 0.1) is 6.92 Å². The summed E-state index contributed by atoms with van der Waals surface area (Å²) >= 11 is 12.8. The molecule has 13 heteroatoms. The van der Waals surface area contributed by atoms with Crippen molar-refractivity contribution in [3.8, 4) is 0 Å². The van der Waals surface area contributed by atoms with Crippen molar-refractivity contribution in [1.82, 2.24) is 10.2 Å². The minimum atomic E-state index is -4.77. The summed E-state index contributed by atoms with van der Waals surface area (Å²) in [5, 5.41) is 3.19. The molecule has 0 saturated carbocycles. The van der Waals surface area contributed by atoms with Crippen molar-refractivity contribution in [3.05, 3.63) is 93.5 Å². The molecular formula is C30H32Cl2F3N3O4S. The van der Waals surface area contributed by atoms with Gasteiger partial charge in [-0.3, -0.25) is 13.9 Å². The van der Waals surface area contributed by atoms with Gasteiger partial charge in [-0.2, -0.15) is 13.2 Å². The molecule has 0 radical (unpaired) electrons. The zero-order chi connectivity index (χ0) is 31.9. The fourth-order valence-electron chi connectivity index (χ4n) is 4.34. The van der Waals surface area contributed by atoms with E-state index in [1.807, 2.05) is 6.92 Å². The second kappa shape index (κ2) is 14.5. The molecular weight excluding hydrogens is 626 g/mol. The topological polar surface area (TPSA) is 86.8 Å². The smallest absolute Gasteiger partial charge is 0.354 e. The second-order valence-electron chi connectivity index (χ2n) is 9.81. The van der Waals surface area contributed by atoms with E-state index in [0.29, 0.717) is 28.9 Å². The normalized spacial score (nSPS) is 12.5. The molecule has 3 aromatic rings. The van der Waals surface area contributed by atoms with Crippen molar-refractivity contribution < 1.29 is 31.2 Å². The summed E-state index contributed by atoms with van der Waals surface area (Å²) in [6.07, 6.45) is -3.99. The largest absolute Gasteiger partial charge is 0.416 e. The maximum Gasteiger partial charge on any atom is 0.416 e. The number of carbonyl (C=O) groups is 2. The minimum Gasteiger partial charge on any atom is -0.354 e. The standard InChI is InChI=1S/C30H32Cl2F3N3O4S/c1-4-16-36-29(40)27(5-2)37(18-24-25(31)10-7-11-26(24)32)28(39)19-38(22-9-6-8-21(17-22)30(33,34)35)43(41,42)23-14-12-20(3)13-15-23/h6-15,17,27H,4-5,16,18-19H2,1-3H3,(H,36,40)/t27-/m0/s1. The number of sulfonamides is 1. The predicted molar refractivity (Wildman–Crippen MR) is 162 cm³/mol. The van der Waals surface area contributed by atoms with Gasteiger partial charge in [-0.05, 0) is 62.2 Å². The van der Waals surface area contributed by atoms with Crippen LogP contribution in [0.2, 0.25) is 10.0 Å². The van der Waals surface area contributed by atoms with Gasteiger partial charge in [0, 0.05) is 28.7 Å². The lowest BCUT2D eigenvalue weighted by atomic mass is 10.1. The molecule has 0 aliphatic heterocycles. The summed E-state index contributed by atoms with van der Waals surface area (Å²) in [6.45, 7) is 4.46. The van der Waals surface area contributed by atoms with Crippen molar-refractivity contribution >= 4 is 50.7 Å². The van der Waals surface area contributed by atoms with Gasteiger partial charge in [-0.1, -0.05) is 66.9 Å². The highest BCUT2D eigenvalue weighted by Gasteiger charge is 2.36. The third kappa shape index (κ3) is 8.43. The molecule has 0 bridgehead atoms. The Morgan fingerprint density at radius 1 is 0.953 bits per heavy atom. The van der Waals surface area contributed by atoms with Crippen LogP contribution in [0.3, 0.4) is 0 Å². The van der Waals surface area contributed by atoms with Gasteiger partial charge in [-0.25, -0.2) is 8.42 Å². The monoisotopic (exact) mass is 657 g/mol. The summed E-state index contributed by atoms with van der Waals surface area (Å²) in [5.41, 5.74) is -0.380. The molecule has 2 amide bonds. The zero-order valence-corrected chi connectivity index (χ0v) is 26.1. The quantitative estimate of drug-likeness (QED) is 0.231. The number of benzene rings is 3. The number of rotatable bonds is 12. The molecule has 1 atom stereocenters. The molecule has 0 unspecified atom stereocenters. The first kappa shape index (κ1) is 34.2. The number of nitrogens with one attached hydrogen (secondary N) is 1. The molecule has 0 aliphatic carbocycles. The molecule has 0 saturated heterocycles. The Kier molecular flexibility index (Phi) is 11.5. The fourth-order valence-corrected chi connectivity index (χ4v) is 6.27. The molecule has 0 aliphatic rings. The van der Waals surface area contributed by atoms with Crippen molar-refractivity contribution in [2.75, 3.05) is 17.4 Å². The first-order chi connectivity index (χ1) is 20.2. The van der Waals surface area contributed by atoms with Gasteiger partial charge >= 0.3 is 6.18 Å². The summed E-state index contributed by atoms with van der Waals surface area (Å²) < 4.78 is 69.3. The predicted octanol–water partition coefficient (Wildman–Crippen LogP) is 6.85. The number of carbonyl (C=O) groups excluding carboxylic acids is 2. The first-order valence-electron chi connectivity index (χ1n) is 13.5. The van der Waals surface area contributed by atoms with Crippen LogP contribution < -0.4 is 9.62 Å². The number of aryl methyl sites for hydroxylation is 1. The number of hydrogen-bond acceptors (Lipinski definition) is 4. The molecule has 0 heterocycles. The van der Waals surface area contributed by atoms with E-state index in [9.17, 15) is 31.2 Å². The van der Waals surface area contributed by atoms with Crippen LogP contribution in [-0.4, -0.2) is 44.3 Å². The van der Waals surface area contributed by atoms with E-state index in [0.717, 1.165) is 22.6 Å². The summed E-state index contributed by atoms with van der Waals surface area (Å²) in [4.78, 5) is 28.2. The van der Waals surface area contributed by atoms with Crippen LogP contribution in [0.4, 0.5) is 18.9 Å². The highest BCUT2D eigenvalue weighted by atomic mass is 35.5. The number of alkyl halides is 3. The maximum atomic E-state index is 14.1. The van der Waals surface area contributed by atoms with Crippen LogP contribution in [-0.2, 0) is 32.3 Å². The Hall–Kier alpha value is -3.28. The molecule has 43 heavy (non-hydrogen) atoms. The van der Waals surface area contributed by atoms with E-state index in [2.05, 4.69) is 5.32 Å². The molecule has 0 aromatic heterocycles. The van der Waals surface area contributed by atoms with Gasteiger partial charge in [0.2, 0.25) is 11.8 Å². The van der Waals surface area contributed by atoms with Gasteiger partial charge in [0.1, 0.15) is 12.6 Å². The van der Waals surface area contributed by atoms with Gasteiger partial charge in [0.15, 0.2) is 0 Å². The van der Waals surface area contributed by atoms with E-state index >= 15 is 0 Å². The van der Waals surface area contributed by atoms with E-state index in [1.54, 1.807) is 32.0 Å². The lowest BCUT2D eigenvalue weighted by Crippen LogP contribution is -2.52. The van der Waals surface area contributed by atoms with Crippen molar-refractivity contribution in [2.45, 2.75) is 57.3 Å². The van der Waals surface area contributed by atoms with Crippen LogP contribution in [0.1, 0.15) is 43.4 Å². The van der Waals surface area contributed by atoms with Gasteiger partial charge < -0.3 is 10.2 Å². The third-order valence-corrected chi connectivity index (χ3v) is 9.17. The number of hydrogen-bond donors (Lipinski definition) is 1. The third-order valence-electron chi connectivity index (χ3n) is 6.67. The summed E-state index contributed by atoms with van der Waals surface area (Å²) in [5.74, 6) is -1.32. The Bertz CT molecular complexity index is 1530. The lowest BCUT2D eigenvalue weighted by molar-refractivity contribution is -0.140. The molecule has 1 N–H and O–H groups in total. The average Bonchev–Trinajstić information content (AvgIpc) is 2.95. The minimum absolute atomic E-state index is 0.150. The highest BCUT2D eigenvalue weighted by molar-refractivity contribution is 7.92. The number of anilines is 1.